The zero-order valence-electron chi connectivity index (χ0n) is 15.7. The van der Waals surface area contributed by atoms with Crippen LogP contribution in [0.4, 0.5) is 0 Å². The molecule has 0 spiro atoms. The van der Waals surface area contributed by atoms with Gasteiger partial charge in [0.1, 0.15) is 0 Å². The van der Waals surface area contributed by atoms with E-state index in [1.807, 2.05) is 25.7 Å². The summed E-state index contributed by atoms with van der Waals surface area (Å²) < 4.78 is 6.58. The van der Waals surface area contributed by atoms with Gasteiger partial charge in [-0.05, 0) is 24.6 Å². The molecule has 0 unspecified atom stereocenters. The van der Waals surface area contributed by atoms with Crippen LogP contribution in [0.3, 0.4) is 0 Å². The van der Waals surface area contributed by atoms with Gasteiger partial charge in [-0.1, -0.05) is 20.8 Å². The number of rotatable bonds is 1. The Morgan fingerprint density at radius 3 is 2.38 bits per heavy atom. The maximum absolute atomic E-state index is 12.9. The van der Waals surface area contributed by atoms with Crippen molar-refractivity contribution in [3.05, 3.63) is 34.3 Å². The standard InChI is InChI=1S/C19H25N3O4/c1-19(2,3)17(24)22-9-5-8-21(10-11-22)16(23)13-6-7-14-15(12-13)26-18(25)20(14)4/h6-7,12H,5,8-11H2,1-4H3. The van der Waals surface area contributed by atoms with Crippen molar-refractivity contribution in [3.63, 3.8) is 0 Å². The van der Waals surface area contributed by atoms with Gasteiger partial charge in [0, 0.05) is 44.2 Å². The molecule has 26 heavy (non-hydrogen) atoms. The predicted octanol–water partition coefficient (Wildman–Crippen LogP) is 1.85. The number of oxazole rings is 1. The van der Waals surface area contributed by atoms with Gasteiger partial charge in [0.25, 0.3) is 5.91 Å². The molecule has 2 aromatic rings. The van der Waals surface area contributed by atoms with Crippen LogP contribution < -0.4 is 5.76 Å². The van der Waals surface area contributed by atoms with Gasteiger partial charge in [0.15, 0.2) is 5.58 Å². The minimum atomic E-state index is -0.448. The van der Waals surface area contributed by atoms with Gasteiger partial charge >= 0.3 is 5.76 Å². The van der Waals surface area contributed by atoms with Crippen LogP contribution in [0.15, 0.2) is 27.4 Å². The summed E-state index contributed by atoms with van der Waals surface area (Å²) in [6.45, 7) is 8.02. The minimum Gasteiger partial charge on any atom is -0.408 e. The zero-order chi connectivity index (χ0) is 19.1. The number of carbonyl (C=O) groups is 2. The summed E-state index contributed by atoms with van der Waals surface area (Å²) in [6, 6.07) is 5.05. The van der Waals surface area contributed by atoms with Gasteiger partial charge in [0.05, 0.1) is 5.52 Å². The Balaban J connectivity index is 1.76. The summed E-state index contributed by atoms with van der Waals surface area (Å²) >= 11 is 0. The van der Waals surface area contributed by atoms with E-state index >= 15 is 0 Å². The van der Waals surface area contributed by atoms with E-state index in [4.69, 9.17) is 4.42 Å². The van der Waals surface area contributed by atoms with E-state index in [1.54, 1.807) is 30.1 Å². The maximum atomic E-state index is 12.9. The second kappa shape index (κ2) is 6.63. The van der Waals surface area contributed by atoms with Crippen molar-refractivity contribution >= 4 is 22.9 Å². The topological polar surface area (TPSA) is 75.8 Å². The second-order valence-electron chi connectivity index (χ2n) is 7.80. The maximum Gasteiger partial charge on any atom is 0.419 e. The average Bonchev–Trinajstić information content (AvgIpc) is 2.77. The van der Waals surface area contributed by atoms with Gasteiger partial charge in [-0.3, -0.25) is 14.2 Å². The first-order chi connectivity index (χ1) is 12.2. The molecule has 7 nitrogen and oxygen atoms in total. The molecule has 7 heteroatoms. The number of hydrogen-bond acceptors (Lipinski definition) is 4. The number of fused-ring (bicyclic) bond motifs is 1. The highest BCUT2D eigenvalue weighted by atomic mass is 16.4. The van der Waals surface area contributed by atoms with Crippen LogP contribution in [0.5, 0.6) is 0 Å². The molecule has 1 aromatic heterocycles. The lowest BCUT2D eigenvalue weighted by atomic mass is 9.94. The number of hydrogen-bond donors (Lipinski definition) is 0. The number of aryl methyl sites for hydroxylation is 1. The minimum absolute atomic E-state index is 0.108. The first kappa shape index (κ1) is 18.2. The number of amides is 2. The van der Waals surface area contributed by atoms with Crippen LogP contribution in [-0.4, -0.2) is 52.4 Å². The van der Waals surface area contributed by atoms with Crippen LogP contribution in [0.1, 0.15) is 37.6 Å². The SMILES string of the molecule is Cn1c(=O)oc2cc(C(=O)N3CCCN(C(=O)C(C)(C)C)CC3)ccc21. The molecule has 1 fully saturated rings. The monoisotopic (exact) mass is 359 g/mol. The number of nitrogens with zero attached hydrogens (tertiary/aromatic N) is 3. The summed E-state index contributed by atoms with van der Waals surface area (Å²) in [6.07, 6.45) is 0.746. The molecule has 0 atom stereocenters. The van der Waals surface area contributed by atoms with Crippen molar-refractivity contribution in [3.8, 4) is 0 Å². The molecular weight excluding hydrogens is 334 g/mol. The Hall–Kier alpha value is -2.57. The summed E-state index contributed by atoms with van der Waals surface area (Å²) in [5, 5.41) is 0. The molecule has 0 saturated carbocycles. The van der Waals surface area contributed by atoms with Crippen molar-refractivity contribution in [2.24, 2.45) is 12.5 Å². The first-order valence-corrected chi connectivity index (χ1v) is 8.87. The zero-order valence-corrected chi connectivity index (χ0v) is 15.7. The fourth-order valence-corrected chi connectivity index (χ4v) is 3.25. The van der Waals surface area contributed by atoms with Crippen molar-refractivity contribution in [2.75, 3.05) is 26.2 Å². The van der Waals surface area contributed by atoms with E-state index in [0.717, 1.165) is 6.42 Å². The van der Waals surface area contributed by atoms with Gasteiger partial charge < -0.3 is 14.2 Å². The van der Waals surface area contributed by atoms with E-state index in [9.17, 15) is 14.4 Å². The third kappa shape index (κ3) is 3.38. The largest absolute Gasteiger partial charge is 0.419 e. The first-order valence-electron chi connectivity index (χ1n) is 8.87. The van der Waals surface area contributed by atoms with E-state index in [0.29, 0.717) is 42.8 Å². The third-order valence-corrected chi connectivity index (χ3v) is 4.75. The molecule has 1 aliphatic rings. The molecule has 2 amide bonds. The molecule has 0 radical (unpaired) electrons. The van der Waals surface area contributed by atoms with Gasteiger partial charge in [-0.2, -0.15) is 0 Å². The molecule has 0 aliphatic carbocycles. The van der Waals surface area contributed by atoms with Gasteiger partial charge in [-0.25, -0.2) is 4.79 Å². The van der Waals surface area contributed by atoms with Gasteiger partial charge in [0.2, 0.25) is 5.91 Å². The number of aromatic nitrogens is 1. The lowest BCUT2D eigenvalue weighted by Crippen LogP contribution is -2.42. The predicted molar refractivity (Wildman–Crippen MR) is 98.0 cm³/mol. The van der Waals surface area contributed by atoms with Crippen LogP contribution >= 0.6 is 0 Å². The molecule has 140 valence electrons. The van der Waals surface area contributed by atoms with Crippen molar-refractivity contribution < 1.29 is 14.0 Å². The van der Waals surface area contributed by atoms with Crippen LogP contribution in [-0.2, 0) is 11.8 Å². The molecule has 2 heterocycles. The molecule has 0 bridgehead atoms. The third-order valence-electron chi connectivity index (χ3n) is 4.75. The molecule has 1 saturated heterocycles. The highest BCUT2D eigenvalue weighted by Gasteiger charge is 2.29. The normalized spacial score (nSPS) is 16.0. The van der Waals surface area contributed by atoms with E-state index < -0.39 is 11.2 Å². The van der Waals surface area contributed by atoms with E-state index in [-0.39, 0.29) is 11.8 Å². The Morgan fingerprint density at radius 1 is 1.04 bits per heavy atom. The Bertz CT molecular complexity index is 904. The smallest absolute Gasteiger partial charge is 0.408 e. The summed E-state index contributed by atoms with van der Waals surface area (Å²) in [4.78, 5) is 40.5. The van der Waals surface area contributed by atoms with Crippen LogP contribution in [0.25, 0.3) is 11.1 Å². The molecule has 3 rings (SSSR count). The van der Waals surface area contributed by atoms with Gasteiger partial charge in [-0.15, -0.1) is 0 Å². The fraction of sp³-hybridized carbons (Fsp3) is 0.526. The fourth-order valence-electron chi connectivity index (χ4n) is 3.25. The quantitative estimate of drug-likeness (QED) is 0.779. The molecule has 1 aromatic carbocycles. The lowest BCUT2D eigenvalue weighted by Gasteiger charge is -2.28. The summed E-state index contributed by atoms with van der Waals surface area (Å²) in [5.41, 5.74) is 1.13. The Kier molecular flexibility index (Phi) is 4.64. The lowest BCUT2D eigenvalue weighted by molar-refractivity contribution is -0.139. The molecule has 1 aliphatic heterocycles. The number of benzene rings is 1. The Labute approximate surface area is 152 Å². The van der Waals surface area contributed by atoms with Crippen molar-refractivity contribution in [1.29, 1.82) is 0 Å². The summed E-state index contributed by atoms with van der Waals surface area (Å²) in [5.74, 6) is -0.446. The Morgan fingerprint density at radius 2 is 1.69 bits per heavy atom. The molecule has 0 N–H and O–H groups in total. The second-order valence-corrected chi connectivity index (χ2v) is 7.80. The van der Waals surface area contributed by atoms with E-state index in [2.05, 4.69) is 0 Å². The highest BCUT2D eigenvalue weighted by molar-refractivity contribution is 5.97. The van der Waals surface area contributed by atoms with Crippen molar-refractivity contribution in [1.82, 2.24) is 14.4 Å². The molecular formula is C19H25N3O4. The van der Waals surface area contributed by atoms with Crippen LogP contribution in [0, 0.1) is 5.41 Å². The van der Waals surface area contributed by atoms with E-state index in [1.165, 1.54) is 4.57 Å². The highest BCUT2D eigenvalue weighted by Crippen LogP contribution is 2.20. The van der Waals surface area contributed by atoms with Crippen molar-refractivity contribution in [2.45, 2.75) is 27.2 Å². The van der Waals surface area contributed by atoms with Crippen LogP contribution in [0.2, 0.25) is 0 Å². The number of carbonyl (C=O) groups excluding carboxylic acids is 2. The average molecular weight is 359 g/mol. The summed E-state index contributed by atoms with van der Waals surface area (Å²) in [7, 11) is 1.63.